The minimum Gasteiger partial charge on any atom is -0.669 e. The van der Waals surface area contributed by atoms with Crippen LogP contribution in [0.25, 0.3) is 0 Å². The second kappa shape index (κ2) is 7.64. The number of aromatic carboxylic acids is 1. The third kappa shape index (κ3) is 3.84. The number of carbonyl (C=O) groups is 2. The van der Waals surface area contributed by atoms with Gasteiger partial charge in [0.25, 0.3) is 0 Å². The summed E-state index contributed by atoms with van der Waals surface area (Å²) >= 11 is 0. The van der Waals surface area contributed by atoms with E-state index >= 15 is 0 Å². The molecule has 2 aliphatic heterocycles. The van der Waals surface area contributed by atoms with Crippen molar-refractivity contribution in [3.63, 3.8) is 0 Å². The molecule has 0 aromatic heterocycles. The molecule has 158 valence electrons. The molecule has 4 rings (SSSR count). The number of nitrogens with zero attached hydrogens (tertiary/aromatic N) is 1. The molecule has 2 aromatic rings. The SMILES string of the molecule is N[C@@H](C(=O)N1CC(Oc2ccc3c(c2C(=O)[O-])O[B-](O)(O)CC3)C1)c1ccccc1. The number of hydrogen-bond donors (Lipinski definition) is 3. The fourth-order valence-electron chi connectivity index (χ4n) is 3.69. The van der Waals surface area contributed by atoms with E-state index in [2.05, 4.69) is 0 Å². The minimum absolute atomic E-state index is 0.00768. The Morgan fingerprint density at radius 1 is 1.20 bits per heavy atom. The molecule has 1 amide bonds. The van der Waals surface area contributed by atoms with E-state index in [1.54, 1.807) is 30.3 Å². The van der Waals surface area contributed by atoms with Gasteiger partial charge < -0.3 is 40.0 Å². The average Bonchev–Trinajstić information content (AvgIpc) is 2.68. The number of fused-ring (bicyclic) bond motifs is 1. The number of amides is 1. The smallest absolute Gasteiger partial charge is 0.430 e. The fourth-order valence-corrected chi connectivity index (χ4v) is 3.69. The first-order valence-corrected chi connectivity index (χ1v) is 9.67. The van der Waals surface area contributed by atoms with Gasteiger partial charge in [0.1, 0.15) is 17.9 Å². The predicted octanol–water partition coefficient (Wildman–Crippen LogP) is -0.802. The summed E-state index contributed by atoms with van der Waals surface area (Å²) in [6, 6.07) is 11.3. The molecule has 1 fully saturated rings. The fraction of sp³-hybridized carbons (Fsp3) is 0.300. The molecule has 9 nitrogen and oxygen atoms in total. The van der Waals surface area contributed by atoms with Gasteiger partial charge in [0, 0.05) is 0 Å². The highest BCUT2D eigenvalue weighted by molar-refractivity contribution is 6.59. The molecule has 0 bridgehead atoms. The van der Waals surface area contributed by atoms with Crippen molar-refractivity contribution in [1.29, 1.82) is 0 Å². The van der Waals surface area contributed by atoms with Crippen LogP contribution in [0.4, 0.5) is 0 Å². The molecule has 2 heterocycles. The van der Waals surface area contributed by atoms with Crippen molar-refractivity contribution >= 4 is 18.6 Å². The molecule has 0 spiro atoms. The van der Waals surface area contributed by atoms with E-state index in [9.17, 15) is 24.7 Å². The van der Waals surface area contributed by atoms with Crippen LogP contribution in [-0.4, -0.2) is 52.8 Å². The molecule has 30 heavy (non-hydrogen) atoms. The highest BCUT2D eigenvalue weighted by Crippen LogP contribution is 2.38. The molecule has 2 aliphatic rings. The van der Waals surface area contributed by atoms with Gasteiger partial charge in [-0.25, -0.2) is 0 Å². The highest BCUT2D eigenvalue weighted by atomic mass is 16.6. The van der Waals surface area contributed by atoms with Crippen LogP contribution in [0, 0.1) is 0 Å². The summed E-state index contributed by atoms with van der Waals surface area (Å²) in [6.07, 6.45) is -0.206. The van der Waals surface area contributed by atoms with Crippen molar-refractivity contribution < 1.29 is 34.1 Å². The Kier molecular flexibility index (Phi) is 5.14. The summed E-state index contributed by atoms with van der Waals surface area (Å²) in [5.74, 6) is -1.95. The van der Waals surface area contributed by atoms with E-state index in [0.29, 0.717) is 11.1 Å². The van der Waals surface area contributed by atoms with Crippen molar-refractivity contribution in [1.82, 2.24) is 4.90 Å². The van der Waals surface area contributed by atoms with Crippen LogP contribution in [0.2, 0.25) is 6.32 Å². The van der Waals surface area contributed by atoms with Crippen LogP contribution >= 0.6 is 0 Å². The van der Waals surface area contributed by atoms with E-state index in [1.807, 2.05) is 6.07 Å². The Morgan fingerprint density at radius 3 is 2.57 bits per heavy atom. The van der Waals surface area contributed by atoms with Crippen molar-refractivity contribution in [2.45, 2.75) is 24.9 Å². The quantitative estimate of drug-likeness (QED) is 0.541. The normalized spacial score (nSPS) is 18.6. The van der Waals surface area contributed by atoms with Gasteiger partial charge in [-0.05, 0) is 23.6 Å². The number of nitrogens with two attached hydrogens (primary N) is 1. The third-order valence-corrected chi connectivity index (χ3v) is 5.38. The van der Waals surface area contributed by atoms with E-state index in [1.165, 1.54) is 11.0 Å². The minimum atomic E-state index is -3.13. The average molecular weight is 412 g/mol. The molecule has 4 N–H and O–H groups in total. The van der Waals surface area contributed by atoms with Gasteiger partial charge in [-0.15, -0.1) is 0 Å². The van der Waals surface area contributed by atoms with Crippen molar-refractivity contribution in [3.8, 4) is 11.5 Å². The van der Waals surface area contributed by atoms with Crippen LogP contribution in [-0.2, 0) is 11.2 Å². The topological polar surface area (TPSA) is 145 Å². The molecule has 0 unspecified atom stereocenters. The predicted molar refractivity (Wildman–Crippen MR) is 104 cm³/mol. The largest absolute Gasteiger partial charge is 0.669 e. The standard InChI is InChI=1S/C20H22BN2O7/c22-17(12-4-2-1-3-5-12)19(24)23-10-14(11-23)29-15-7-6-13-8-9-21(27,28)30-18(13)16(15)20(25)26/h1-7,14,17,27-28H,8-11,22H2,(H,25,26)/q-1/p-1/t17-/m1/s1. The first-order chi connectivity index (χ1) is 14.2. The first kappa shape index (κ1) is 20.2. The second-order valence-corrected chi connectivity index (χ2v) is 7.60. The summed E-state index contributed by atoms with van der Waals surface area (Å²) in [4.78, 5) is 25.8. The van der Waals surface area contributed by atoms with Crippen molar-refractivity contribution in [3.05, 3.63) is 59.2 Å². The second-order valence-electron chi connectivity index (χ2n) is 7.60. The van der Waals surface area contributed by atoms with E-state index in [-0.39, 0.29) is 48.8 Å². The maximum absolute atomic E-state index is 12.5. The van der Waals surface area contributed by atoms with Crippen molar-refractivity contribution in [2.75, 3.05) is 13.1 Å². The number of aryl methyl sites for hydroxylation is 1. The van der Waals surface area contributed by atoms with Gasteiger partial charge in [0.15, 0.2) is 0 Å². The lowest BCUT2D eigenvalue weighted by molar-refractivity contribution is -0.255. The summed E-state index contributed by atoms with van der Waals surface area (Å²) in [7, 11) is 0. The highest BCUT2D eigenvalue weighted by Gasteiger charge is 2.36. The van der Waals surface area contributed by atoms with Gasteiger partial charge in [-0.2, -0.15) is 0 Å². The van der Waals surface area contributed by atoms with Crippen LogP contribution in [0.5, 0.6) is 11.5 Å². The summed E-state index contributed by atoms with van der Waals surface area (Å²) < 4.78 is 10.9. The van der Waals surface area contributed by atoms with Crippen LogP contribution < -0.4 is 20.2 Å². The summed E-state index contributed by atoms with van der Waals surface area (Å²) in [6.45, 7) is -2.64. The zero-order valence-corrected chi connectivity index (χ0v) is 16.1. The Hall–Kier alpha value is -3.08. The molecule has 0 saturated carbocycles. The van der Waals surface area contributed by atoms with E-state index in [0.717, 1.165) is 0 Å². The van der Waals surface area contributed by atoms with Crippen molar-refractivity contribution in [2.24, 2.45) is 5.73 Å². The van der Waals surface area contributed by atoms with Gasteiger partial charge in [-0.1, -0.05) is 42.7 Å². The zero-order valence-electron chi connectivity index (χ0n) is 16.1. The number of likely N-dealkylation sites (tertiary alicyclic amines) is 1. The van der Waals surface area contributed by atoms with E-state index < -0.39 is 24.9 Å². The Bertz CT molecular complexity index is 977. The van der Waals surface area contributed by atoms with E-state index in [4.69, 9.17) is 15.1 Å². The Morgan fingerprint density at radius 2 is 1.90 bits per heavy atom. The number of hydrogen-bond acceptors (Lipinski definition) is 8. The maximum Gasteiger partial charge on any atom is 0.430 e. The molecule has 2 aromatic carbocycles. The number of carboxylic acids is 1. The monoisotopic (exact) mass is 412 g/mol. The molecular formula is C20H21BN2O7-2. The third-order valence-electron chi connectivity index (χ3n) is 5.38. The number of rotatable bonds is 5. The zero-order chi connectivity index (χ0) is 21.5. The summed E-state index contributed by atoms with van der Waals surface area (Å²) in [5, 5.41) is 31.3. The number of ether oxygens (including phenoxy) is 1. The van der Waals surface area contributed by atoms with Gasteiger partial charge in [0.2, 0.25) is 5.91 Å². The van der Waals surface area contributed by atoms with Gasteiger partial charge in [-0.3, -0.25) is 4.79 Å². The lowest BCUT2D eigenvalue weighted by atomic mass is 9.70. The van der Waals surface area contributed by atoms with Gasteiger partial charge >= 0.3 is 6.75 Å². The number of carboxylic acid groups (broad SMARTS) is 1. The molecule has 1 saturated heterocycles. The molecular weight excluding hydrogens is 391 g/mol. The first-order valence-electron chi connectivity index (χ1n) is 9.67. The number of benzene rings is 2. The molecule has 1 atom stereocenters. The summed E-state index contributed by atoms with van der Waals surface area (Å²) in [5.41, 5.74) is 6.90. The Balaban J connectivity index is 1.45. The molecule has 10 heteroatoms. The lowest BCUT2D eigenvalue weighted by Gasteiger charge is -2.41. The number of carbonyl (C=O) groups excluding carboxylic acids is 2. The molecule has 0 aliphatic carbocycles. The van der Waals surface area contributed by atoms with Crippen LogP contribution in [0.3, 0.4) is 0 Å². The lowest BCUT2D eigenvalue weighted by Crippen LogP contribution is -2.58. The van der Waals surface area contributed by atoms with Gasteiger partial charge in [0.05, 0.1) is 30.4 Å². The van der Waals surface area contributed by atoms with Crippen LogP contribution in [0.15, 0.2) is 42.5 Å². The molecule has 0 radical (unpaired) electrons. The van der Waals surface area contributed by atoms with Crippen LogP contribution in [0.1, 0.15) is 27.5 Å². The Labute approximate surface area is 172 Å². The maximum atomic E-state index is 12.5.